The highest BCUT2D eigenvalue weighted by Gasteiger charge is 2.58. The van der Waals surface area contributed by atoms with Gasteiger partial charge in [-0.05, 0) is 30.2 Å². The lowest BCUT2D eigenvalue weighted by molar-refractivity contribution is -0.182. The molecular formula is C29H30N2O. The molecule has 2 aliphatic carbocycles. The van der Waals surface area contributed by atoms with Crippen LogP contribution in [0.25, 0.3) is 0 Å². The average Bonchev–Trinajstić information content (AvgIpc) is 3.30. The second-order valence-corrected chi connectivity index (χ2v) is 8.68. The van der Waals surface area contributed by atoms with Crippen LogP contribution >= 0.6 is 0 Å². The van der Waals surface area contributed by atoms with Gasteiger partial charge in [-0.1, -0.05) is 103 Å². The Balaban J connectivity index is 1.56. The van der Waals surface area contributed by atoms with Gasteiger partial charge in [-0.3, -0.25) is 4.84 Å². The molecule has 0 amide bonds. The normalized spacial score (nSPS) is 37.3. The molecule has 1 aromatic carbocycles. The van der Waals surface area contributed by atoms with Crippen molar-refractivity contribution in [3.05, 3.63) is 132 Å². The Hall–Kier alpha value is -3.14. The first-order valence-electron chi connectivity index (χ1n) is 11.4. The summed E-state index contributed by atoms with van der Waals surface area (Å²) in [6.07, 6.45) is 30.0. The third-order valence-corrected chi connectivity index (χ3v) is 6.83. The third kappa shape index (κ3) is 3.79. The zero-order chi connectivity index (χ0) is 21.8. The maximum Gasteiger partial charge on any atom is 0.0959 e. The molecule has 162 valence electrons. The van der Waals surface area contributed by atoms with E-state index in [0.717, 1.165) is 19.7 Å². The van der Waals surface area contributed by atoms with Crippen molar-refractivity contribution >= 4 is 0 Å². The van der Waals surface area contributed by atoms with Crippen LogP contribution in [0.2, 0.25) is 0 Å². The van der Waals surface area contributed by atoms with E-state index in [-0.39, 0.29) is 11.6 Å². The highest BCUT2D eigenvalue weighted by molar-refractivity contribution is 5.44. The number of allylic oxidation sites excluding steroid dienone is 13. The van der Waals surface area contributed by atoms with E-state index in [4.69, 9.17) is 4.84 Å². The van der Waals surface area contributed by atoms with Crippen LogP contribution in [-0.2, 0) is 4.84 Å². The molecule has 5 rings (SSSR count). The van der Waals surface area contributed by atoms with E-state index in [9.17, 15) is 0 Å². The minimum absolute atomic E-state index is 0.144. The molecule has 32 heavy (non-hydrogen) atoms. The van der Waals surface area contributed by atoms with Crippen molar-refractivity contribution in [2.45, 2.75) is 18.5 Å². The van der Waals surface area contributed by atoms with Gasteiger partial charge in [-0.25, -0.2) is 0 Å². The van der Waals surface area contributed by atoms with Gasteiger partial charge in [-0.2, -0.15) is 5.06 Å². The summed E-state index contributed by atoms with van der Waals surface area (Å²) in [6.45, 7) is 4.84. The van der Waals surface area contributed by atoms with E-state index in [1.165, 1.54) is 16.8 Å². The molecule has 0 spiro atoms. The van der Waals surface area contributed by atoms with E-state index in [0.29, 0.717) is 5.92 Å². The van der Waals surface area contributed by atoms with Crippen LogP contribution in [0, 0.1) is 5.92 Å². The number of fused-ring (bicyclic) bond motifs is 1. The van der Waals surface area contributed by atoms with E-state index < -0.39 is 0 Å². The fraction of sp³-hybridized carbons (Fsp3) is 0.241. The monoisotopic (exact) mass is 422 g/mol. The highest BCUT2D eigenvalue weighted by atomic mass is 16.7. The van der Waals surface area contributed by atoms with Crippen molar-refractivity contribution in [1.82, 2.24) is 9.96 Å². The van der Waals surface area contributed by atoms with Gasteiger partial charge in [0, 0.05) is 24.7 Å². The third-order valence-electron chi connectivity index (χ3n) is 6.83. The zero-order valence-corrected chi connectivity index (χ0v) is 18.5. The first-order valence-corrected chi connectivity index (χ1v) is 11.4. The Morgan fingerprint density at radius 1 is 0.844 bits per heavy atom. The van der Waals surface area contributed by atoms with Gasteiger partial charge >= 0.3 is 0 Å². The molecule has 0 N–H and O–H groups in total. The zero-order valence-electron chi connectivity index (χ0n) is 18.5. The standard InChI is InChI=1S/C29H30N2O/c1-24(25-15-9-8-10-16-25)31-29(26-17-11-4-2-5-12-18-26)23-30(21-27(29)22-32-31)28-19-13-6-3-7-14-20-28/h2-20,24,27H,21-23H2,1H3/b4-2-,5-2?,6-3-,7-3?,11-4?,12-5-,13-6?,14-7-,17-11-,18-12?,19-13-,20-14?,26-17?,26-18+,28-19?,28-20+/t24?,27-,29+/m0/s1. The number of rotatable bonds is 4. The predicted octanol–water partition coefficient (Wildman–Crippen LogP) is 5.84. The van der Waals surface area contributed by atoms with E-state index in [2.05, 4.69) is 132 Å². The Labute approximate surface area is 191 Å². The van der Waals surface area contributed by atoms with E-state index in [1.807, 2.05) is 0 Å². The molecule has 0 aromatic heterocycles. The second kappa shape index (κ2) is 9.15. The maximum atomic E-state index is 6.47. The summed E-state index contributed by atoms with van der Waals surface area (Å²) in [7, 11) is 0. The highest BCUT2D eigenvalue weighted by Crippen LogP contribution is 2.49. The molecule has 2 fully saturated rings. The number of hydroxylamine groups is 2. The molecule has 1 aromatic rings. The van der Waals surface area contributed by atoms with Crippen molar-refractivity contribution in [3.63, 3.8) is 0 Å². The van der Waals surface area contributed by atoms with Gasteiger partial charge in [-0.15, -0.1) is 0 Å². The van der Waals surface area contributed by atoms with Crippen molar-refractivity contribution in [2.75, 3.05) is 19.7 Å². The van der Waals surface area contributed by atoms with Crippen LogP contribution in [0.15, 0.2) is 127 Å². The fourth-order valence-electron chi connectivity index (χ4n) is 5.22. The van der Waals surface area contributed by atoms with Crippen LogP contribution in [0.4, 0.5) is 0 Å². The Bertz CT molecular complexity index is 1070. The minimum atomic E-state index is -0.224. The molecule has 0 saturated carbocycles. The van der Waals surface area contributed by atoms with Crippen LogP contribution in [0.1, 0.15) is 18.5 Å². The summed E-state index contributed by atoms with van der Waals surface area (Å²) in [6, 6.07) is 10.8. The summed E-state index contributed by atoms with van der Waals surface area (Å²) in [5, 5.41) is 2.28. The Morgan fingerprint density at radius 2 is 1.53 bits per heavy atom. The Kier molecular flexibility index (Phi) is 5.93. The maximum absolute atomic E-state index is 6.47. The number of nitrogens with zero attached hydrogens (tertiary/aromatic N) is 2. The van der Waals surface area contributed by atoms with Gasteiger partial charge in [0.2, 0.25) is 0 Å². The molecule has 0 bridgehead atoms. The van der Waals surface area contributed by atoms with Gasteiger partial charge in [0.15, 0.2) is 0 Å². The summed E-state index contributed by atoms with van der Waals surface area (Å²) in [5.41, 5.74) is 3.60. The van der Waals surface area contributed by atoms with Crippen LogP contribution in [-0.4, -0.2) is 35.2 Å². The lowest BCUT2D eigenvalue weighted by Gasteiger charge is -2.41. The smallest absolute Gasteiger partial charge is 0.0959 e. The molecule has 1 unspecified atom stereocenters. The molecule has 2 aliphatic heterocycles. The SMILES string of the molecule is CC(c1ccccc1)N1OC[C@@H]2CN(C3=C/C=C\C=C/C=C\3)C[C@@]21C1=C/C=C\C=C/C=C\1. The van der Waals surface area contributed by atoms with Crippen LogP contribution < -0.4 is 0 Å². The number of benzene rings is 1. The average molecular weight is 423 g/mol. The van der Waals surface area contributed by atoms with E-state index in [1.54, 1.807) is 0 Å². The second-order valence-electron chi connectivity index (χ2n) is 8.68. The van der Waals surface area contributed by atoms with E-state index >= 15 is 0 Å². The molecule has 3 atom stereocenters. The molecule has 3 nitrogen and oxygen atoms in total. The van der Waals surface area contributed by atoms with Gasteiger partial charge < -0.3 is 4.90 Å². The number of likely N-dealkylation sites (tertiary alicyclic amines) is 1. The molecular weight excluding hydrogens is 392 g/mol. The fourth-order valence-corrected chi connectivity index (χ4v) is 5.22. The molecule has 2 saturated heterocycles. The lowest BCUT2D eigenvalue weighted by Crippen LogP contribution is -2.51. The van der Waals surface area contributed by atoms with Crippen LogP contribution in [0.3, 0.4) is 0 Å². The molecule has 2 heterocycles. The number of hydrogen-bond acceptors (Lipinski definition) is 3. The molecule has 3 heteroatoms. The summed E-state index contributed by atoms with van der Waals surface area (Å²) in [5.74, 6) is 0.376. The predicted molar refractivity (Wildman–Crippen MR) is 131 cm³/mol. The van der Waals surface area contributed by atoms with Crippen molar-refractivity contribution in [2.24, 2.45) is 5.92 Å². The van der Waals surface area contributed by atoms with Crippen molar-refractivity contribution in [3.8, 4) is 0 Å². The molecule has 4 aliphatic rings. The van der Waals surface area contributed by atoms with Crippen molar-refractivity contribution in [1.29, 1.82) is 0 Å². The summed E-state index contributed by atoms with van der Waals surface area (Å²) >= 11 is 0. The van der Waals surface area contributed by atoms with Gasteiger partial charge in [0.25, 0.3) is 0 Å². The lowest BCUT2D eigenvalue weighted by atomic mass is 9.79. The van der Waals surface area contributed by atoms with Gasteiger partial charge in [0.05, 0.1) is 18.2 Å². The topological polar surface area (TPSA) is 15.7 Å². The summed E-state index contributed by atoms with van der Waals surface area (Å²) < 4.78 is 0. The molecule has 0 radical (unpaired) electrons. The number of hydrogen-bond donors (Lipinski definition) is 0. The Morgan fingerprint density at radius 3 is 2.34 bits per heavy atom. The minimum Gasteiger partial charge on any atom is -0.369 e. The quantitative estimate of drug-likeness (QED) is 0.606. The van der Waals surface area contributed by atoms with Crippen molar-refractivity contribution < 1.29 is 4.84 Å². The van der Waals surface area contributed by atoms with Gasteiger partial charge in [0.1, 0.15) is 0 Å². The summed E-state index contributed by atoms with van der Waals surface area (Å²) in [4.78, 5) is 8.99. The first kappa shape index (κ1) is 20.7. The van der Waals surface area contributed by atoms with Crippen LogP contribution in [0.5, 0.6) is 0 Å². The first-order chi connectivity index (χ1) is 15.8. The largest absolute Gasteiger partial charge is 0.369 e.